The van der Waals surface area contributed by atoms with Gasteiger partial charge in [-0.25, -0.2) is 4.98 Å². The molecule has 0 saturated heterocycles. The van der Waals surface area contributed by atoms with Crippen molar-refractivity contribution in [3.8, 4) is 5.75 Å². The summed E-state index contributed by atoms with van der Waals surface area (Å²) in [5, 5.41) is 10.2. The van der Waals surface area contributed by atoms with Gasteiger partial charge in [0.25, 0.3) is 0 Å². The summed E-state index contributed by atoms with van der Waals surface area (Å²) in [5.41, 5.74) is 6.41. The maximum atomic E-state index is 11.3. The summed E-state index contributed by atoms with van der Waals surface area (Å²) in [6.45, 7) is 1.47. The van der Waals surface area contributed by atoms with E-state index in [1.165, 1.54) is 13.0 Å². The summed E-state index contributed by atoms with van der Waals surface area (Å²) in [5.74, 6) is 0.285. The smallest absolute Gasteiger partial charge is 0.160 e. The van der Waals surface area contributed by atoms with E-state index < -0.39 is 0 Å². The Morgan fingerprint density at radius 3 is 2.73 bits per heavy atom. The molecule has 0 amide bonds. The van der Waals surface area contributed by atoms with Crippen LogP contribution in [0, 0.1) is 0 Å². The molecule has 0 fully saturated rings. The van der Waals surface area contributed by atoms with E-state index in [1.807, 2.05) is 0 Å². The number of benzene rings is 1. The van der Waals surface area contributed by atoms with Crippen LogP contribution in [0.2, 0.25) is 0 Å². The van der Waals surface area contributed by atoms with Gasteiger partial charge in [-0.3, -0.25) is 4.79 Å². The van der Waals surface area contributed by atoms with Gasteiger partial charge in [-0.15, -0.1) is 0 Å². The molecule has 2 aromatic rings. The molecule has 4 heteroatoms. The second-order valence-corrected chi connectivity index (χ2v) is 3.32. The standard InChI is InChI=1S/C11H10N2O2/c1-6(14)7-2-4-9(15)11-8(7)3-5-10(12)13-11/h2-5,15H,1H3,(H2,12,13). The van der Waals surface area contributed by atoms with Crippen LogP contribution in [0.4, 0.5) is 5.82 Å². The summed E-state index contributed by atoms with van der Waals surface area (Å²) in [4.78, 5) is 15.3. The number of fused-ring (bicyclic) bond motifs is 1. The predicted molar refractivity (Wildman–Crippen MR) is 57.8 cm³/mol. The minimum atomic E-state index is -0.0634. The van der Waals surface area contributed by atoms with Gasteiger partial charge in [0, 0.05) is 10.9 Å². The molecule has 4 nitrogen and oxygen atoms in total. The van der Waals surface area contributed by atoms with Gasteiger partial charge in [-0.1, -0.05) is 0 Å². The Kier molecular flexibility index (Phi) is 2.04. The van der Waals surface area contributed by atoms with Crippen LogP contribution in [0.3, 0.4) is 0 Å². The number of hydrogen-bond donors (Lipinski definition) is 2. The molecule has 3 N–H and O–H groups in total. The van der Waals surface area contributed by atoms with Crippen molar-refractivity contribution in [3.05, 3.63) is 29.8 Å². The molecule has 0 radical (unpaired) electrons. The fraction of sp³-hybridized carbons (Fsp3) is 0.0909. The van der Waals surface area contributed by atoms with Gasteiger partial charge >= 0.3 is 0 Å². The van der Waals surface area contributed by atoms with Crippen LogP contribution in [0.15, 0.2) is 24.3 Å². The number of hydrogen-bond acceptors (Lipinski definition) is 4. The van der Waals surface area contributed by atoms with Gasteiger partial charge in [0.2, 0.25) is 0 Å². The number of carbonyl (C=O) groups is 1. The van der Waals surface area contributed by atoms with Gasteiger partial charge in [0.15, 0.2) is 5.78 Å². The maximum absolute atomic E-state index is 11.3. The molecule has 1 aromatic carbocycles. The minimum absolute atomic E-state index is 0.0299. The van der Waals surface area contributed by atoms with Crippen molar-refractivity contribution in [2.45, 2.75) is 6.92 Å². The minimum Gasteiger partial charge on any atom is -0.506 e. The largest absolute Gasteiger partial charge is 0.506 e. The Morgan fingerprint density at radius 1 is 1.33 bits per heavy atom. The van der Waals surface area contributed by atoms with Gasteiger partial charge in [0.05, 0.1) is 0 Å². The average Bonchev–Trinajstić information content (AvgIpc) is 2.19. The van der Waals surface area contributed by atoms with Crippen LogP contribution in [-0.4, -0.2) is 15.9 Å². The summed E-state index contributed by atoms with van der Waals surface area (Å²) < 4.78 is 0. The van der Waals surface area contributed by atoms with E-state index in [-0.39, 0.29) is 11.5 Å². The summed E-state index contributed by atoms with van der Waals surface area (Å²) in [6, 6.07) is 6.33. The summed E-state index contributed by atoms with van der Waals surface area (Å²) in [7, 11) is 0. The normalized spacial score (nSPS) is 10.5. The topological polar surface area (TPSA) is 76.2 Å². The van der Waals surface area contributed by atoms with E-state index >= 15 is 0 Å². The number of nitrogen functional groups attached to an aromatic ring is 1. The fourth-order valence-corrected chi connectivity index (χ4v) is 1.52. The third-order valence-electron chi connectivity index (χ3n) is 2.24. The van der Waals surface area contributed by atoms with Crippen LogP contribution in [0.25, 0.3) is 10.9 Å². The molecule has 0 unspecified atom stereocenters. The number of phenolic OH excluding ortho intramolecular Hbond substituents is 1. The number of Topliss-reactive ketones (excluding diaryl/α,β-unsaturated/α-hetero) is 1. The number of nitrogens with zero attached hydrogens (tertiary/aromatic N) is 1. The van der Waals surface area contributed by atoms with E-state index in [0.29, 0.717) is 22.3 Å². The van der Waals surface area contributed by atoms with Crippen LogP contribution in [-0.2, 0) is 0 Å². The van der Waals surface area contributed by atoms with Crippen LogP contribution < -0.4 is 5.73 Å². The highest BCUT2D eigenvalue weighted by molar-refractivity contribution is 6.07. The van der Waals surface area contributed by atoms with Crippen molar-refractivity contribution in [2.75, 3.05) is 5.73 Å². The lowest BCUT2D eigenvalue weighted by Gasteiger charge is -2.05. The quantitative estimate of drug-likeness (QED) is 0.690. The molecule has 0 aliphatic rings. The zero-order valence-electron chi connectivity index (χ0n) is 8.19. The third kappa shape index (κ3) is 1.50. The molecular weight excluding hydrogens is 192 g/mol. The predicted octanol–water partition coefficient (Wildman–Crippen LogP) is 1.73. The monoisotopic (exact) mass is 202 g/mol. The number of aromatic hydroxyl groups is 1. The van der Waals surface area contributed by atoms with E-state index in [0.717, 1.165) is 0 Å². The van der Waals surface area contributed by atoms with Crippen LogP contribution in [0.1, 0.15) is 17.3 Å². The molecule has 0 saturated carbocycles. The number of anilines is 1. The van der Waals surface area contributed by atoms with Gasteiger partial charge in [-0.05, 0) is 31.2 Å². The van der Waals surface area contributed by atoms with Crippen molar-refractivity contribution in [3.63, 3.8) is 0 Å². The molecule has 1 aromatic heterocycles. The second kappa shape index (κ2) is 3.24. The molecule has 15 heavy (non-hydrogen) atoms. The third-order valence-corrected chi connectivity index (χ3v) is 2.24. The molecule has 0 atom stereocenters. The Morgan fingerprint density at radius 2 is 2.07 bits per heavy atom. The molecule has 0 aliphatic heterocycles. The zero-order chi connectivity index (χ0) is 11.0. The SMILES string of the molecule is CC(=O)c1ccc(O)c2nc(N)ccc12. The lowest BCUT2D eigenvalue weighted by atomic mass is 10.0. The highest BCUT2D eigenvalue weighted by Crippen LogP contribution is 2.26. The molecule has 0 bridgehead atoms. The van der Waals surface area contributed by atoms with E-state index in [2.05, 4.69) is 4.98 Å². The first-order chi connectivity index (χ1) is 7.09. The van der Waals surface area contributed by atoms with E-state index in [4.69, 9.17) is 5.73 Å². The molecule has 2 rings (SSSR count). The fourth-order valence-electron chi connectivity index (χ4n) is 1.52. The van der Waals surface area contributed by atoms with Crippen LogP contribution in [0.5, 0.6) is 5.75 Å². The highest BCUT2D eigenvalue weighted by atomic mass is 16.3. The first-order valence-electron chi connectivity index (χ1n) is 4.48. The average molecular weight is 202 g/mol. The molecule has 1 heterocycles. The maximum Gasteiger partial charge on any atom is 0.160 e. The molecule has 76 valence electrons. The summed E-state index contributed by atoms with van der Waals surface area (Å²) >= 11 is 0. The Labute approximate surface area is 86.4 Å². The van der Waals surface area contributed by atoms with Gasteiger partial charge < -0.3 is 10.8 Å². The second-order valence-electron chi connectivity index (χ2n) is 3.32. The van der Waals surface area contributed by atoms with Gasteiger partial charge in [-0.2, -0.15) is 0 Å². The van der Waals surface area contributed by atoms with Crippen molar-refractivity contribution in [2.24, 2.45) is 0 Å². The number of rotatable bonds is 1. The van der Waals surface area contributed by atoms with E-state index in [1.54, 1.807) is 18.2 Å². The first kappa shape index (κ1) is 9.45. The van der Waals surface area contributed by atoms with Gasteiger partial charge in [0.1, 0.15) is 17.1 Å². The molecular formula is C11H10N2O2. The lowest BCUT2D eigenvalue weighted by Crippen LogP contribution is -1.96. The van der Waals surface area contributed by atoms with E-state index in [9.17, 15) is 9.90 Å². The number of pyridine rings is 1. The number of phenols is 1. The number of aromatic nitrogens is 1. The zero-order valence-corrected chi connectivity index (χ0v) is 8.19. The lowest BCUT2D eigenvalue weighted by molar-refractivity contribution is 0.101. The van der Waals surface area contributed by atoms with Crippen molar-refractivity contribution in [1.29, 1.82) is 0 Å². The number of ketones is 1. The van der Waals surface area contributed by atoms with Crippen LogP contribution >= 0.6 is 0 Å². The summed E-state index contributed by atoms with van der Waals surface area (Å²) in [6.07, 6.45) is 0. The molecule has 0 aliphatic carbocycles. The number of nitrogens with two attached hydrogens (primary N) is 1. The molecule has 0 spiro atoms. The Balaban J connectivity index is 2.88. The van der Waals surface area contributed by atoms with Crippen molar-refractivity contribution in [1.82, 2.24) is 4.98 Å². The van der Waals surface area contributed by atoms with Crippen molar-refractivity contribution < 1.29 is 9.90 Å². The highest BCUT2D eigenvalue weighted by Gasteiger charge is 2.09. The van der Waals surface area contributed by atoms with Crippen molar-refractivity contribution >= 4 is 22.5 Å². The Bertz CT molecular complexity index is 550. The first-order valence-corrected chi connectivity index (χ1v) is 4.48. The Hall–Kier alpha value is -2.10. The number of carbonyl (C=O) groups excluding carboxylic acids is 1.